The van der Waals surface area contributed by atoms with Gasteiger partial charge in [-0.2, -0.15) is 11.8 Å². The van der Waals surface area contributed by atoms with Gasteiger partial charge in [0, 0.05) is 30.1 Å². The molecular formula is C12H19ClN4S. The van der Waals surface area contributed by atoms with Gasteiger partial charge < -0.3 is 5.43 Å². The van der Waals surface area contributed by atoms with Crippen molar-refractivity contribution in [2.75, 3.05) is 24.3 Å². The SMILES string of the molecule is CC1(C)CN(Cc2nc(NN)ccc2Cl)CCS1. The second kappa shape index (κ2) is 5.65. The maximum atomic E-state index is 6.18. The van der Waals surface area contributed by atoms with Crippen LogP contribution in [0.15, 0.2) is 12.1 Å². The highest BCUT2D eigenvalue weighted by molar-refractivity contribution is 8.00. The molecule has 1 aliphatic rings. The number of halogens is 1. The monoisotopic (exact) mass is 286 g/mol. The molecule has 0 amide bonds. The van der Waals surface area contributed by atoms with Gasteiger partial charge in [-0.25, -0.2) is 10.8 Å². The van der Waals surface area contributed by atoms with Gasteiger partial charge in [-0.15, -0.1) is 0 Å². The Morgan fingerprint density at radius 2 is 2.33 bits per heavy atom. The van der Waals surface area contributed by atoms with E-state index in [1.165, 1.54) is 0 Å². The second-order valence-electron chi connectivity index (χ2n) is 5.09. The molecule has 1 aliphatic heterocycles. The van der Waals surface area contributed by atoms with E-state index in [2.05, 4.69) is 29.2 Å². The summed E-state index contributed by atoms with van der Waals surface area (Å²) in [6.45, 7) is 7.45. The van der Waals surface area contributed by atoms with Crippen LogP contribution in [0, 0.1) is 0 Å². The van der Waals surface area contributed by atoms with Crippen LogP contribution >= 0.6 is 23.4 Å². The summed E-state index contributed by atoms with van der Waals surface area (Å²) in [4.78, 5) is 6.81. The molecule has 0 bridgehead atoms. The van der Waals surface area contributed by atoms with Gasteiger partial charge in [0.15, 0.2) is 0 Å². The van der Waals surface area contributed by atoms with Gasteiger partial charge in [0.05, 0.1) is 10.7 Å². The molecule has 0 spiro atoms. The van der Waals surface area contributed by atoms with Gasteiger partial charge in [-0.1, -0.05) is 11.6 Å². The van der Waals surface area contributed by atoms with E-state index >= 15 is 0 Å². The van der Waals surface area contributed by atoms with E-state index in [1.54, 1.807) is 6.07 Å². The average molecular weight is 287 g/mol. The van der Waals surface area contributed by atoms with Crippen molar-refractivity contribution in [3.8, 4) is 0 Å². The first-order chi connectivity index (χ1) is 8.50. The maximum absolute atomic E-state index is 6.18. The number of pyridine rings is 1. The lowest BCUT2D eigenvalue weighted by atomic mass is 10.2. The molecule has 0 saturated carbocycles. The van der Waals surface area contributed by atoms with Crippen LogP contribution in [0.25, 0.3) is 0 Å². The van der Waals surface area contributed by atoms with Crippen LogP contribution in [0.5, 0.6) is 0 Å². The topological polar surface area (TPSA) is 54.2 Å². The van der Waals surface area contributed by atoms with Crippen LogP contribution in [-0.2, 0) is 6.54 Å². The number of hydrogen-bond donors (Lipinski definition) is 2. The third kappa shape index (κ3) is 3.51. The zero-order valence-corrected chi connectivity index (χ0v) is 12.3. The molecule has 2 heterocycles. The summed E-state index contributed by atoms with van der Waals surface area (Å²) in [6, 6.07) is 3.62. The molecule has 4 nitrogen and oxygen atoms in total. The van der Waals surface area contributed by atoms with E-state index in [1.807, 2.05) is 17.8 Å². The first-order valence-corrected chi connectivity index (χ1v) is 7.35. The number of nitrogen functional groups attached to an aromatic ring is 1. The Morgan fingerprint density at radius 1 is 1.56 bits per heavy atom. The number of aromatic nitrogens is 1. The summed E-state index contributed by atoms with van der Waals surface area (Å²) in [5.74, 6) is 7.18. The van der Waals surface area contributed by atoms with Crippen molar-refractivity contribution in [1.82, 2.24) is 9.88 Å². The molecule has 0 radical (unpaired) electrons. The minimum absolute atomic E-state index is 0.300. The largest absolute Gasteiger partial charge is 0.308 e. The van der Waals surface area contributed by atoms with E-state index in [0.717, 1.165) is 31.1 Å². The number of nitrogens with two attached hydrogens (primary N) is 1. The van der Waals surface area contributed by atoms with Crippen LogP contribution in [0.1, 0.15) is 19.5 Å². The van der Waals surface area contributed by atoms with Crippen LogP contribution in [0.3, 0.4) is 0 Å². The van der Waals surface area contributed by atoms with Gasteiger partial charge in [0.25, 0.3) is 0 Å². The molecule has 100 valence electrons. The fourth-order valence-electron chi connectivity index (χ4n) is 2.14. The Morgan fingerprint density at radius 3 is 3.00 bits per heavy atom. The normalized spacial score (nSPS) is 19.8. The summed E-state index contributed by atoms with van der Waals surface area (Å²) in [5.41, 5.74) is 3.44. The van der Waals surface area contributed by atoms with E-state index in [4.69, 9.17) is 17.4 Å². The van der Waals surface area contributed by atoms with Crippen molar-refractivity contribution < 1.29 is 0 Å². The standard InChI is InChI=1S/C12H19ClN4S/c1-12(2)8-17(5-6-18-12)7-10-9(13)3-4-11(15-10)16-14/h3-4H,5-8,14H2,1-2H3,(H,15,16). The van der Waals surface area contributed by atoms with Crippen molar-refractivity contribution in [2.45, 2.75) is 25.1 Å². The Balaban J connectivity index is 2.09. The average Bonchev–Trinajstić information content (AvgIpc) is 2.31. The third-order valence-corrected chi connectivity index (χ3v) is 4.59. The third-order valence-electron chi connectivity index (χ3n) is 2.94. The van der Waals surface area contributed by atoms with Crippen molar-refractivity contribution in [3.05, 3.63) is 22.8 Å². The van der Waals surface area contributed by atoms with Gasteiger partial charge >= 0.3 is 0 Å². The highest BCUT2D eigenvalue weighted by Gasteiger charge is 2.27. The lowest BCUT2D eigenvalue weighted by Crippen LogP contribution is -2.42. The Bertz CT molecular complexity index is 425. The molecule has 0 atom stereocenters. The number of rotatable bonds is 3. The number of nitrogens with one attached hydrogen (secondary N) is 1. The zero-order valence-electron chi connectivity index (χ0n) is 10.7. The molecule has 0 unspecified atom stereocenters. The van der Waals surface area contributed by atoms with E-state index in [0.29, 0.717) is 15.6 Å². The predicted octanol–water partition coefficient (Wildman–Crippen LogP) is 2.35. The van der Waals surface area contributed by atoms with Crippen molar-refractivity contribution in [1.29, 1.82) is 0 Å². The number of thioether (sulfide) groups is 1. The first kappa shape index (κ1) is 13.9. The lowest BCUT2D eigenvalue weighted by molar-refractivity contribution is 0.250. The first-order valence-electron chi connectivity index (χ1n) is 5.98. The number of anilines is 1. The summed E-state index contributed by atoms with van der Waals surface area (Å²) in [7, 11) is 0. The molecule has 6 heteroatoms. The van der Waals surface area contributed by atoms with Gasteiger partial charge in [-0.05, 0) is 26.0 Å². The highest BCUT2D eigenvalue weighted by Crippen LogP contribution is 2.30. The number of nitrogens with zero attached hydrogens (tertiary/aromatic N) is 2. The van der Waals surface area contributed by atoms with Crippen molar-refractivity contribution in [3.63, 3.8) is 0 Å². The van der Waals surface area contributed by atoms with Crippen LogP contribution < -0.4 is 11.3 Å². The molecule has 3 N–H and O–H groups in total. The van der Waals surface area contributed by atoms with E-state index in [-0.39, 0.29) is 0 Å². The Labute approximate surface area is 117 Å². The minimum atomic E-state index is 0.300. The van der Waals surface area contributed by atoms with Crippen molar-refractivity contribution in [2.24, 2.45) is 5.84 Å². The van der Waals surface area contributed by atoms with E-state index < -0.39 is 0 Å². The quantitative estimate of drug-likeness (QED) is 0.660. The summed E-state index contributed by atoms with van der Waals surface area (Å²) >= 11 is 8.20. The van der Waals surface area contributed by atoms with Gasteiger partial charge in [0.1, 0.15) is 5.82 Å². The Hall–Kier alpha value is -0.490. The molecule has 1 aromatic rings. The van der Waals surface area contributed by atoms with Gasteiger partial charge in [-0.3, -0.25) is 4.90 Å². The fraction of sp³-hybridized carbons (Fsp3) is 0.583. The molecule has 1 aromatic heterocycles. The summed E-state index contributed by atoms with van der Waals surface area (Å²) in [6.07, 6.45) is 0. The minimum Gasteiger partial charge on any atom is -0.308 e. The summed E-state index contributed by atoms with van der Waals surface area (Å²) < 4.78 is 0.300. The highest BCUT2D eigenvalue weighted by atomic mass is 35.5. The predicted molar refractivity (Wildman–Crippen MR) is 78.9 cm³/mol. The zero-order chi connectivity index (χ0) is 13.2. The smallest absolute Gasteiger partial charge is 0.140 e. The molecule has 1 fully saturated rings. The summed E-state index contributed by atoms with van der Waals surface area (Å²) in [5, 5.41) is 0.699. The molecule has 1 saturated heterocycles. The van der Waals surface area contributed by atoms with Crippen LogP contribution in [-0.4, -0.2) is 33.5 Å². The maximum Gasteiger partial charge on any atom is 0.140 e. The second-order valence-corrected chi connectivity index (χ2v) is 7.30. The molecule has 2 rings (SSSR count). The van der Waals surface area contributed by atoms with Gasteiger partial charge in [0.2, 0.25) is 0 Å². The lowest BCUT2D eigenvalue weighted by Gasteiger charge is -2.37. The molecular weight excluding hydrogens is 268 g/mol. The molecule has 18 heavy (non-hydrogen) atoms. The molecule has 0 aliphatic carbocycles. The fourth-order valence-corrected chi connectivity index (χ4v) is 3.48. The van der Waals surface area contributed by atoms with Crippen molar-refractivity contribution >= 4 is 29.2 Å². The van der Waals surface area contributed by atoms with Crippen LogP contribution in [0.4, 0.5) is 5.82 Å². The number of hydrogen-bond acceptors (Lipinski definition) is 5. The van der Waals surface area contributed by atoms with E-state index in [9.17, 15) is 0 Å². The molecule has 0 aromatic carbocycles. The van der Waals surface area contributed by atoms with Crippen LogP contribution in [0.2, 0.25) is 5.02 Å². The number of hydrazine groups is 1. The Kier molecular flexibility index (Phi) is 4.37.